The van der Waals surface area contributed by atoms with E-state index in [0.717, 1.165) is 0 Å². The van der Waals surface area contributed by atoms with Crippen LogP contribution < -0.4 is 10.6 Å². The van der Waals surface area contributed by atoms with E-state index in [1.54, 1.807) is 0 Å². The van der Waals surface area contributed by atoms with Gasteiger partial charge in [0.1, 0.15) is 12.1 Å². The Morgan fingerprint density at radius 2 is 1.10 bits per heavy atom. The molecular formula is C14H28N2O4. The molecule has 2 unspecified atom stereocenters. The molecule has 118 valence electrons. The van der Waals surface area contributed by atoms with Crippen molar-refractivity contribution >= 4 is 11.9 Å². The molecule has 0 aromatic heterocycles. The van der Waals surface area contributed by atoms with Gasteiger partial charge in [0.05, 0.1) is 14.2 Å². The zero-order chi connectivity index (χ0) is 15.7. The second-order valence-electron chi connectivity index (χ2n) is 5.40. The maximum atomic E-state index is 11.6. The van der Waals surface area contributed by atoms with E-state index in [-0.39, 0.29) is 35.9 Å². The Hall–Kier alpha value is -1.14. The van der Waals surface area contributed by atoms with Crippen molar-refractivity contribution in [3.63, 3.8) is 0 Å². The SMILES string of the molecule is COC(=O)C(NCCNC(C(=O)OC)C(C)C)C(C)C. The van der Waals surface area contributed by atoms with Crippen LogP contribution >= 0.6 is 0 Å². The van der Waals surface area contributed by atoms with Crippen LogP contribution in [-0.2, 0) is 19.1 Å². The number of rotatable bonds is 9. The molecule has 0 bridgehead atoms. The molecule has 0 fully saturated rings. The Morgan fingerprint density at radius 3 is 1.30 bits per heavy atom. The van der Waals surface area contributed by atoms with Gasteiger partial charge in [-0.05, 0) is 11.8 Å². The Kier molecular flexibility index (Phi) is 9.16. The lowest BCUT2D eigenvalue weighted by molar-refractivity contribution is -0.145. The first-order chi connectivity index (χ1) is 9.34. The average molecular weight is 288 g/mol. The van der Waals surface area contributed by atoms with Crippen LogP contribution in [0.25, 0.3) is 0 Å². The second-order valence-corrected chi connectivity index (χ2v) is 5.40. The van der Waals surface area contributed by atoms with Gasteiger partial charge in [0.2, 0.25) is 0 Å². The third-order valence-corrected chi connectivity index (χ3v) is 3.10. The number of nitrogens with one attached hydrogen (secondary N) is 2. The summed E-state index contributed by atoms with van der Waals surface area (Å²) in [6.07, 6.45) is 0. The quantitative estimate of drug-likeness (QED) is 0.477. The smallest absolute Gasteiger partial charge is 0.323 e. The summed E-state index contributed by atoms with van der Waals surface area (Å²) in [7, 11) is 2.76. The third kappa shape index (κ3) is 6.34. The van der Waals surface area contributed by atoms with Gasteiger partial charge in [-0.15, -0.1) is 0 Å². The molecule has 20 heavy (non-hydrogen) atoms. The van der Waals surface area contributed by atoms with Crippen molar-refractivity contribution in [3.05, 3.63) is 0 Å². The van der Waals surface area contributed by atoms with Gasteiger partial charge in [-0.2, -0.15) is 0 Å². The fourth-order valence-corrected chi connectivity index (χ4v) is 1.89. The summed E-state index contributed by atoms with van der Waals surface area (Å²) in [5, 5.41) is 6.26. The molecule has 0 spiro atoms. The molecule has 0 saturated carbocycles. The minimum absolute atomic E-state index is 0.143. The molecule has 0 aliphatic heterocycles. The summed E-state index contributed by atoms with van der Waals surface area (Å²) in [6, 6.07) is -0.671. The predicted octanol–water partition coefficient (Wildman–Crippen LogP) is 0.561. The fourth-order valence-electron chi connectivity index (χ4n) is 1.89. The van der Waals surface area contributed by atoms with E-state index in [4.69, 9.17) is 9.47 Å². The standard InChI is InChI=1S/C14H28N2O4/c1-9(2)11(13(17)19-5)15-7-8-16-12(10(3)4)14(18)20-6/h9-12,15-16H,7-8H2,1-6H3. The van der Waals surface area contributed by atoms with Crippen molar-refractivity contribution < 1.29 is 19.1 Å². The van der Waals surface area contributed by atoms with Crippen LogP contribution in [-0.4, -0.2) is 51.3 Å². The van der Waals surface area contributed by atoms with Gasteiger partial charge in [0.25, 0.3) is 0 Å². The number of carbonyl (C=O) groups excluding carboxylic acids is 2. The van der Waals surface area contributed by atoms with Crippen LogP contribution in [0.2, 0.25) is 0 Å². The first kappa shape index (κ1) is 18.9. The lowest BCUT2D eigenvalue weighted by Crippen LogP contribution is -2.48. The zero-order valence-electron chi connectivity index (χ0n) is 13.4. The molecule has 0 aromatic carbocycles. The number of esters is 2. The molecule has 6 nitrogen and oxygen atoms in total. The van der Waals surface area contributed by atoms with E-state index in [1.807, 2.05) is 27.7 Å². The molecule has 0 heterocycles. The van der Waals surface area contributed by atoms with Gasteiger partial charge in [0, 0.05) is 13.1 Å². The van der Waals surface area contributed by atoms with Gasteiger partial charge >= 0.3 is 11.9 Å². The minimum atomic E-state index is -0.336. The van der Waals surface area contributed by atoms with Crippen LogP contribution in [0.5, 0.6) is 0 Å². The van der Waals surface area contributed by atoms with Gasteiger partial charge in [-0.3, -0.25) is 9.59 Å². The van der Waals surface area contributed by atoms with Crippen molar-refractivity contribution in [2.45, 2.75) is 39.8 Å². The summed E-state index contributed by atoms with van der Waals surface area (Å²) in [5.41, 5.74) is 0. The molecule has 0 saturated heterocycles. The summed E-state index contributed by atoms with van der Waals surface area (Å²) in [6.45, 7) is 8.94. The molecule has 2 N–H and O–H groups in total. The topological polar surface area (TPSA) is 76.7 Å². The monoisotopic (exact) mass is 288 g/mol. The van der Waals surface area contributed by atoms with E-state index < -0.39 is 0 Å². The first-order valence-electron chi connectivity index (χ1n) is 6.97. The Morgan fingerprint density at radius 1 is 0.800 bits per heavy atom. The van der Waals surface area contributed by atoms with Crippen LogP contribution in [0.4, 0.5) is 0 Å². The molecule has 0 rings (SSSR count). The predicted molar refractivity (Wildman–Crippen MR) is 77.3 cm³/mol. The van der Waals surface area contributed by atoms with Crippen molar-refractivity contribution in [3.8, 4) is 0 Å². The molecule has 0 radical (unpaired) electrons. The molecule has 0 amide bonds. The van der Waals surface area contributed by atoms with E-state index in [1.165, 1.54) is 14.2 Å². The Labute approximate surface area is 121 Å². The van der Waals surface area contributed by atoms with Gasteiger partial charge in [0.15, 0.2) is 0 Å². The maximum absolute atomic E-state index is 11.6. The number of hydrogen-bond donors (Lipinski definition) is 2. The lowest BCUT2D eigenvalue weighted by Gasteiger charge is -2.22. The van der Waals surface area contributed by atoms with E-state index in [2.05, 4.69) is 10.6 Å². The van der Waals surface area contributed by atoms with Gasteiger partial charge < -0.3 is 20.1 Å². The Bertz CT molecular complexity index is 276. The highest BCUT2D eigenvalue weighted by molar-refractivity contribution is 5.76. The van der Waals surface area contributed by atoms with E-state index in [9.17, 15) is 9.59 Å². The van der Waals surface area contributed by atoms with Crippen LogP contribution in [0.15, 0.2) is 0 Å². The fraction of sp³-hybridized carbons (Fsp3) is 0.857. The van der Waals surface area contributed by atoms with E-state index in [0.29, 0.717) is 13.1 Å². The maximum Gasteiger partial charge on any atom is 0.323 e. The number of ether oxygens (including phenoxy) is 2. The number of methoxy groups -OCH3 is 2. The van der Waals surface area contributed by atoms with E-state index >= 15 is 0 Å². The first-order valence-corrected chi connectivity index (χ1v) is 6.97. The normalized spacial score (nSPS) is 14.2. The molecule has 6 heteroatoms. The van der Waals surface area contributed by atoms with Gasteiger partial charge in [-0.25, -0.2) is 0 Å². The molecular weight excluding hydrogens is 260 g/mol. The number of carbonyl (C=O) groups is 2. The third-order valence-electron chi connectivity index (χ3n) is 3.10. The van der Waals surface area contributed by atoms with Crippen molar-refractivity contribution in [1.29, 1.82) is 0 Å². The highest BCUT2D eigenvalue weighted by Gasteiger charge is 2.24. The lowest BCUT2D eigenvalue weighted by atomic mass is 10.0. The molecule has 0 aliphatic rings. The van der Waals surface area contributed by atoms with Crippen LogP contribution in [0, 0.1) is 11.8 Å². The highest BCUT2D eigenvalue weighted by Crippen LogP contribution is 2.04. The van der Waals surface area contributed by atoms with Crippen LogP contribution in [0.1, 0.15) is 27.7 Å². The highest BCUT2D eigenvalue weighted by atomic mass is 16.5. The van der Waals surface area contributed by atoms with Gasteiger partial charge in [-0.1, -0.05) is 27.7 Å². The largest absolute Gasteiger partial charge is 0.468 e. The average Bonchev–Trinajstić information content (AvgIpc) is 2.40. The molecule has 0 aromatic rings. The second kappa shape index (κ2) is 9.72. The number of hydrogen-bond acceptors (Lipinski definition) is 6. The van der Waals surface area contributed by atoms with Crippen LogP contribution in [0.3, 0.4) is 0 Å². The zero-order valence-corrected chi connectivity index (χ0v) is 13.4. The summed E-state index contributed by atoms with van der Waals surface area (Å²) in [5.74, 6) is -0.255. The summed E-state index contributed by atoms with van der Waals surface area (Å²) in [4.78, 5) is 23.1. The Balaban J connectivity index is 4.21. The van der Waals surface area contributed by atoms with Crippen molar-refractivity contribution in [2.24, 2.45) is 11.8 Å². The minimum Gasteiger partial charge on any atom is -0.468 e. The summed E-state index contributed by atoms with van der Waals surface area (Å²) < 4.78 is 9.50. The summed E-state index contributed by atoms with van der Waals surface area (Å²) >= 11 is 0. The van der Waals surface area contributed by atoms with Crippen molar-refractivity contribution in [2.75, 3.05) is 27.3 Å². The van der Waals surface area contributed by atoms with Crippen molar-refractivity contribution in [1.82, 2.24) is 10.6 Å². The molecule has 2 atom stereocenters. The molecule has 0 aliphatic carbocycles.